The van der Waals surface area contributed by atoms with Gasteiger partial charge in [0.15, 0.2) is 6.10 Å². The van der Waals surface area contributed by atoms with Crippen LogP contribution in [0.1, 0.15) is 271 Å². The molecular weight excluding hydrogens is 889 g/mol. The van der Waals surface area contributed by atoms with E-state index in [2.05, 4.69) is 130 Å². The second-order valence-electron chi connectivity index (χ2n) is 19.5. The maximum absolute atomic E-state index is 12.9. The van der Waals surface area contributed by atoms with Gasteiger partial charge in [0.25, 0.3) is 0 Å². The number of carbonyl (C=O) groups is 3. The zero-order valence-electron chi connectivity index (χ0n) is 46.9. The highest BCUT2D eigenvalue weighted by atomic mass is 16.6. The lowest BCUT2D eigenvalue weighted by Crippen LogP contribution is -2.30. The molecule has 0 bridgehead atoms. The number of carbonyl (C=O) groups excluding carboxylic acids is 3. The Morgan fingerprint density at radius 1 is 0.292 bits per heavy atom. The molecule has 6 nitrogen and oxygen atoms in total. The first kappa shape index (κ1) is 68.1. The Morgan fingerprint density at radius 2 is 0.542 bits per heavy atom. The van der Waals surface area contributed by atoms with Gasteiger partial charge in [0.2, 0.25) is 0 Å². The molecule has 0 rings (SSSR count). The van der Waals surface area contributed by atoms with E-state index in [0.29, 0.717) is 19.3 Å². The minimum Gasteiger partial charge on any atom is -0.462 e. The van der Waals surface area contributed by atoms with Crippen LogP contribution < -0.4 is 0 Å². The molecule has 0 fully saturated rings. The van der Waals surface area contributed by atoms with E-state index < -0.39 is 6.10 Å². The summed E-state index contributed by atoms with van der Waals surface area (Å²) in [6.45, 7) is 6.38. The normalized spacial score (nSPS) is 12.9. The van der Waals surface area contributed by atoms with E-state index in [4.69, 9.17) is 14.2 Å². The monoisotopic (exact) mass is 999 g/mol. The number of hydrogen-bond acceptors (Lipinski definition) is 6. The van der Waals surface area contributed by atoms with Gasteiger partial charge in [0.05, 0.1) is 0 Å². The van der Waals surface area contributed by atoms with Crippen LogP contribution in [0.3, 0.4) is 0 Å². The predicted molar refractivity (Wildman–Crippen MR) is 311 cm³/mol. The van der Waals surface area contributed by atoms with Crippen molar-refractivity contribution in [2.45, 2.75) is 277 Å². The molecule has 0 aromatic heterocycles. The molecule has 0 aliphatic carbocycles. The van der Waals surface area contributed by atoms with Gasteiger partial charge in [0.1, 0.15) is 13.2 Å². The van der Waals surface area contributed by atoms with Gasteiger partial charge in [-0.05, 0) is 122 Å². The van der Waals surface area contributed by atoms with E-state index in [1.807, 2.05) is 0 Å². The average molecular weight is 1000 g/mol. The van der Waals surface area contributed by atoms with Crippen molar-refractivity contribution >= 4 is 17.9 Å². The van der Waals surface area contributed by atoms with Crippen LogP contribution in [0.4, 0.5) is 0 Å². The van der Waals surface area contributed by atoms with Crippen molar-refractivity contribution in [3.05, 3.63) is 109 Å². The van der Waals surface area contributed by atoms with Crippen LogP contribution >= 0.6 is 0 Å². The third kappa shape index (κ3) is 57.0. The highest BCUT2D eigenvalue weighted by Crippen LogP contribution is 2.15. The SMILES string of the molecule is CC/C=C\C/C=C\C/C=C\C/C=C\C/C=C\CCCCCC(=O)OCC(COC(=O)CCCCCCCC/C=C\C/C=C\C/C=C\CC)OC(=O)CCCCCCCCC/C=C\CCCCCCCCCC. The van der Waals surface area contributed by atoms with Crippen molar-refractivity contribution in [1.29, 1.82) is 0 Å². The Hall–Kier alpha value is -3.93. The predicted octanol–water partition coefficient (Wildman–Crippen LogP) is 20.3. The number of esters is 3. The van der Waals surface area contributed by atoms with Gasteiger partial charge < -0.3 is 14.2 Å². The molecule has 72 heavy (non-hydrogen) atoms. The second-order valence-corrected chi connectivity index (χ2v) is 19.5. The van der Waals surface area contributed by atoms with Crippen molar-refractivity contribution in [2.24, 2.45) is 0 Å². The molecule has 0 aromatic carbocycles. The summed E-state index contributed by atoms with van der Waals surface area (Å²) in [6.07, 6.45) is 80.8. The van der Waals surface area contributed by atoms with Crippen LogP contribution in [0.2, 0.25) is 0 Å². The standard InChI is InChI=1S/C66H110O6/c1-4-7-10-13-16-19-22-25-28-31-33-35-38-41-44-47-50-53-56-59-65(68)71-62-63(61-70-64(67)58-55-52-49-46-43-40-37-30-27-24-21-18-15-12-9-6-3)72-66(69)60-57-54-51-48-45-42-39-36-34-32-29-26-23-20-17-14-11-8-5-2/h7,9-10,12,16,18-19,21,25,27-28,30,32-35,41,44,63H,4-6,8,11,13-15,17,20,22-24,26,29,31,36-40,42-43,45-62H2,1-3H3/b10-7-,12-9-,19-16-,21-18-,28-25-,30-27-,34-32-,35-33-,44-41-. The Morgan fingerprint density at radius 3 is 0.875 bits per heavy atom. The summed E-state index contributed by atoms with van der Waals surface area (Å²) in [5.41, 5.74) is 0. The second kappa shape index (κ2) is 59.6. The first-order valence-corrected chi connectivity index (χ1v) is 29.9. The van der Waals surface area contributed by atoms with Gasteiger partial charge in [-0.1, -0.05) is 239 Å². The number of hydrogen-bond donors (Lipinski definition) is 0. The molecule has 1 unspecified atom stereocenters. The fraction of sp³-hybridized carbons (Fsp3) is 0.682. The highest BCUT2D eigenvalue weighted by molar-refractivity contribution is 5.71. The number of unbranched alkanes of at least 4 members (excludes halogenated alkanes) is 24. The van der Waals surface area contributed by atoms with Crippen LogP contribution in [0.15, 0.2) is 109 Å². The summed E-state index contributed by atoms with van der Waals surface area (Å²) < 4.78 is 16.9. The third-order valence-corrected chi connectivity index (χ3v) is 12.5. The minimum atomic E-state index is -0.803. The largest absolute Gasteiger partial charge is 0.462 e. The van der Waals surface area contributed by atoms with Crippen molar-refractivity contribution in [3.63, 3.8) is 0 Å². The zero-order chi connectivity index (χ0) is 52.2. The van der Waals surface area contributed by atoms with E-state index in [0.717, 1.165) is 128 Å². The van der Waals surface area contributed by atoms with Gasteiger partial charge in [-0.2, -0.15) is 0 Å². The first-order chi connectivity index (χ1) is 35.5. The summed E-state index contributed by atoms with van der Waals surface area (Å²) in [5.74, 6) is -0.944. The lowest BCUT2D eigenvalue weighted by molar-refractivity contribution is -0.167. The topological polar surface area (TPSA) is 78.9 Å². The molecule has 0 aromatic rings. The van der Waals surface area contributed by atoms with Gasteiger partial charge >= 0.3 is 17.9 Å². The number of rotatable bonds is 53. The molecule has 0 aliphatic heterocycles. The minimum absolute atomic E-state index is 0.0985. The Balaban J connectivity index is 4.48. The van der Waals surface area contributed by atoms with Crippen molar-refractivity contribution in [1.82, 2.24) is 0 Å². The average Bonchev–Trinajstić information content (AvgIpc) is 3.38. The summed E-state index contributed by atoms with van der Waals surface area (Å²) in [7, 11) is 0. The molecule has 0 saturated carbocycles. The van der Waals surface area contributed by atoms with E-state index in [1.165, 1.54) is 103 Å². The smallest absolute Gasteiger partial charge is 0.306 e. The molecular formula is C66H110O6. The molecule has 6 heteroatoms. The maximum atomic E-state index is 12.9. The van der Waals surface area contributed by atoms with E-state index in [-0.39, 0.29) is 31.1 Å². The van der Waals surface area contributed by atoms with Gasteiger partial charge in [-0.25, -0.2) is 0 Å². The summed E-state index contributed by atoms with van der Waals surface area (Å²) in [5, 5.41) is 0. The van der Waals surface area contributed by atoms with Crippen LogP contribution in [0.25, 0.3) is 0 Å². The van der Waals surface area contributed by atoms with E-state index in [9.17, 15) is 14.4 Å². The molecule has 0 spiro atoms. The van der Waals surface area contributed by atoms with Crippen LogP contribution in [-0.4, -0.2) is 37.2 Å². The third-order valence-electron chi connectivity index (χ3n) is 12.5. The fourth-order valence-electron chi connectivity index (χ4n) is 8.07. The van der Waals surface area contributed by atoms with Gasteiger partial charge in [0, 0.05) is 19.3 Å². The molecule has 0 N–H and O–H groups in total. The summed E-state index contributed by atoms with van der Waals surface area (Å²) in [6, 6.07) is 0. The summed E-state index contributed by atoms with van der Waals surface area (Å²) >= 11 is 0. The molecule has 1 atom stereocenters. The Labute approximate surface area is 444 Å². The number of ether oxygens (including phenoxy) is 3. The van der Waals surface area contributed by atoms with Crippen LogP contribution in [0.5, 0.6) is 0 Å². The Bertz CT molecular complexity index is 1470. The lowest BCUT2D eigenvalue weighted by Gasteiger charge is -2.18. The maximum Gasteiger partial charge on any atom is 0.306 e. The van der Waals surface area contributed by atoms with Crippen molar-refractivity contribution in [3.8, 4) is 0 Å². The highest BCUT2D eigenvalue weighted by Gasteiger charge is 2.19. The van der Waals surface area contributed by atoms with E-state index in [1.54, 1.807) is 0 Å². The quantitative estimate of drug-likeness (QED) is 0.0261. The van der Waals surface area contributed by atoms with Crippen molar-refractivity contribution in [2.75, 3.05) is 13.2 Å². The fourth-order valence-corrected chi connectivity index (χ4v) is 8.07. The first-order valence-electron chi connectivity index (χ1n) is 29.9. The molecule has 0 heterocycles. The zero-order valence-corrected chi connectivity index (χ0v) is 46.9. The lowest BCUT2D eigenvalue weighted by atomic mass is 10.1. The van der Waals surface area contributed by atoms with E-state index >= 15 is 0 Å². The van der Waals surface area contributed by atoms with Gasteiger partial charge in [-0.15, -0.1) is 0 Å². The molecule has 0 aliphatic rings. The van der Waals surface area contributed by atoms with Gasteiger partial charge in [-0.3, -0.25) is 14.4 Å². The summed E-state index contributed by atoms with van der Waals surface area (Å²) in [4.78, 5) is 38.2. The Kier molecular flexibility index (Phi) is 56.4. The molecule has 0 radical (unpaired) electrons. The number of allylic oxidation sites excluding steroid dienone is 18. The molecule has 0 amide bonds. The molecule has 410 valence electrons. The van der Waals surface area contributed by atoms with Crippen LogP contribution in [-0.2, 0) is 28.6 Å². The molecule has 0 saturated heterocycles. The van der Waals surface area contributed by atoms with Crippen LogP contribution in [0, 0.1) is 0 Å². The van der Waals surface area contributed by atoms with Crippen molar-refractivity contribution < 1.29 is 28.6 Å².